The molecular formula is C9H11N3OS. The van der Waals surface area contributed by atoms with Gasteiger partial charge in [-0.3, -0.25) is 4.40 Å². The van der Waals surface area contributed by atoms with E-state index >= 15 is 0 Å². The van der Waals surface area contributed by atoms with Gasteiger partial charge >= 0.3 is 0 Å². The molecule has 2 rings (SSSR count). The van der Waals surface area contributed by atoms with E-state index < -0.39 is 0 Å². The largest absolute Gasteiger partial charge is 0.393 e. The van der Waals surface area contributed by atoms with Crippen LogP contribution in [0, 0.1) is 0 Å². The number of rotatable bonds is 3. The molecule has 1 atom stereocenters. The maximum absolute atomic E-state index is 9.14. The summed E-state index contributed by atoms with van der Waals surface area (Å²) in [6.45, 7) is 1.76. The Morgan fingerprint density at radius 3 is 3.14 bits per heavy atom. The van der Waals surface area contributed by atoms with Crippen LogP contribution >= 0.6 is 11.8 Å². The van der Waals surface area contributed by atoms with Crippen LogP contribution in [0.25, 0.3) is 5.65 Å². The summed E-state index contributed by atoms with van der Waals surface area (Å²) in [5.41, 5.74) is 0.834. The molecule has 74 valence electrons. The molecule has 2 heterocycles. The zero-order chi connectivity index (χ0) is 9.97. The number of hydrogen-bond acceptors (Lipinski definition) is 4. The lowest BCUT2D eigenvalue weighted by atomic mass is 10.5. The third-order valence-electron chi connectivity index (χ3n) is 1.74. The van der Waals surface area contributed by atoms with Crippen molar-refractivity contribution < 1.29 is 5.11 Å². The Kier molecular flexibility index (Phi) is 2.69. The van der Waals surface area contributed by atoms with Crippen molar-refractivity contribution >= 4 is 17.4 Å². The van der Waals surface area contributed by atoms with Crippen molar-refractivity contribution in [2.75, 3.05) is 5.75 Å². The van der Waals surface area contributed by atoms with Crippen LogP contribution in [0.1, 0.15) is 6.92 Å². The Bertz CT molecular complexity index is 427. The number of aliphatic hydroxyl groups is 1. The highest BCUT2D eigenvalue weighted by Crippen LogP contribution is 2.17. The molecule has 0 saturated carbocycles. The van der Waals surface area contributed by atoms with Crippen LogP contribution in [-0.2, 0) is 0 Å². The first kappa shape index (κ1) is 9.48. The number of nitrogens with zero attached hydrogens (tertiary/aromatic N) is 3. The average Bonchev–Trinajstić information content (AvgIpc) is 2.58. The van der Waals surface area contributed by atoms with E-state index in [2.05, 4.69) is 10.2 Å². The Hall–Kier alpha value is -1.07. The van der Waals surface area contributed by atoms with Crippen LogP contribution in [0.5, 0.6) is 0 Å². The van der Waals surface area contributed by atoms with E-state index in [4.69, 9.17) is 5.11 Å². The van der Waals surface area contributed by atoms with Gasteiger partial charge in [0.2, 0.25) is 0 Å². The summed E-state index contributed by atoms with van der Waals surface area (Å²) in [7, 11) is 0. The molecule has 2 aromatic rings. The van der Waals surface area contributed by atoms with Crippen LogP contribution in [0.3, 0.4) is 0 Å². The van der Waals surface area contributed by atoms with E-state index in [1.165, 1.54) is 11.8 Å². The predicted molar refractivity (Wildman–Crippen MR) is 55.4 cm³/mol. The van der Waals surface area contributed by atoms with Gasteiger partial charge in [0.25, 0.3) is 0 Å². The number of aliphatic hydroxyl groups excluding tert-OH is 1. The molecule has 0 spiro atoms. The van der Waals surface area contributed by atoms with Crippen molar-refractivity contribution in [2.24, 2.45) is 0 Å². The molecule has 14 heavy (non-hydrogen) atoms. The number of thioether (sulfide) groups is 1. The van der Waals surface area contributed by atoms with E-state index in [1.54, 1.807) is 6.92 Å². The second-order valence-corrected chi connectivity index (χ2v) is 4.06. The molecular weight excluding hydrogens is 198 g/mol. The first-order chi connectivity index (χ1) is 6.77. The molecule has 2 aromatic heterocycles. The lowest BCUT2D eigenvalue weighted by molar-refractivity contribution is 0.220. The van der Waals surface area contributed by atoms with Gasteiger partial charge < -0.3 is 5.11 Å². The van der Waals surface area contributed by atoms with E-state index in [0.717, 1.165) is 10.8 Å². The van der Waals surface area contributed by atoms with Crippen LogP contribution in [0.2, 0.25) is 0 Å². The third-order valence-corrected chi connectivity index (χ3v) is 2.92. The van der Waals surface area contributed by atoms with E-state index in [9.17, 15) is 0 Å². The molecule has 0 aromatic carbocycles. The van der Waals surface area contributed by atoms with Crippen molar-refractivity contribution in [3.05, 3.63) is 24.4 Å². The first-order valence-corrected chi connectivity index (χ1v) is 5.36. The maximum Gasteiger partial charge on any atom is 0.195 e. The average molecular weight is 209 g/mol. The molecule has 0 aliphatic rings. The Morgan fingerprint density at radius 1 is 1.50 bits per heavy atom. The molecule has 0 unspecified atom stereocenters. The fourth-order valence-corrected chi connectivity index (χ4v) is 1.90. The van der Waals surface area contributed by atoms with Gasteiger partial charge in [-0.05, 0) is 19.1 Å². The number of fused-ring (bicyclic) bond motifs is 1. The Balaban J connectivity index is 2.25. The summed E-state index contributed by atoms with van der Waals surface area (Å²) < 4.78 is 1.91. The SMILES string of the molecule is C[C@H](O)CSc1nnc2ccccn12. The molecule has 0 aliphatic carbocycles. The summed E-state index contributed by atoms with van der Waals surface area (Å²) in [5, 5.41) is 18.0. The van der Waals surface area contributed by atoms with E-state index in [-0.39, 0.29) is 6.10 Å². The van der Waals surface area contributed by atoms with Gasteiger partial charge in [-0.2, -0.15) is 0 Å². The highest BCUT2D eigenvalue weighted by atomic mass is 32.2. The minimum atomic E-state index is -0.323. The fourth-order valence-electron chi connectivity index (χ4n) is 1.11. The molecule has 5 heteroatoms. The summed E-state index contributed by atoms with van der Waals surface area (Å²) in [6, 6.07) is 5.76. The zero-order valence-electron chi connectivity index (χ0n) is 7.79. The normalized spacial score (nSPS) is 13.3. The van der Waals surface area contributed by atoms with Crippen LogP contribution in [0.15, 0.2) is 29.6 Å². The fraction of sp³-hybridized carbons (Fsp3) is 0.333. The van der Waals surface area contributed by atoms with E-state index in [0.29, 0.717) is 5.75 Å². The second kappa shape index (κ2) is 3.98. The van der Waals surface area contributed by atoms with Crippen molar-refractivity contribution in [3.8, 4) is 0 Å². The zero-order valence-corrected chi connectivity index (χ0v) is 8.61. The van der Waals surface area contributed by atoms with Gasteiger partial charge in [-0.25, -0.2) is 0 Å². The molecule has 0 aliphatic heterocycles. The molecule has 0 radical (unpaired) electrons. The quantitative estimate of drug-likeness (QED) is 0.772. The molecule has 0 amide bonds. The summed E-state index contributed by atoms with van der Waals surface area (Å²) in [5.74, 6) is 0.635. The minimum Gasteiger partial charge on any atom is -0.393 e. The summed E-state index contributed by atoms with van der Waals surface area (Å²) >= 11 is 1.50. The Labute approximate surface area is 86.0 Å². The molecule has 0 saturated heterocycles. The second-order valence-electron chi connectivity index (χ2n) is 3.07. The van der Waals surface area contributed by atoms with Crippen molar-refractivity contribution in [2.45, 2.75) is 18.2 Å². The first-order valence-electron chi connectivity index (χ1n) is 4.38. The maximum atomic E-state index is 9.14. The molecule has 0 bridgehead atoms. The van der Waals surface area contributed by atoms with Crippen LogP contribution < -0.4 is 0 Å². The van der Waals surface area contributed by atoms with Crippen molar-refractivity contribution in [1.82, 2.24) is 14.6 Å². The highest BCUT2D eigenvalue weighted by Gasteiger charge is 2.05. The monoisotopic (exact) mass is 209 g/mol. The smallest absolute Gasteiger partial charge is 0.195 e. The van der Waals surface area contributed by atoms with Gasteiger partial charge in [-0.15, -0.1) is 10.2 Å². The molecule has 0 fully saturated rings. The van der Waals surface area contributed by atoms with Gasteiger partial charge in [0.1, 0.15) is 0 Å². The standard InChI is InChI=1S/C9H11N3OS/c1-7(13)6-14-9-11-10-8-4-2-3-5-12(8)9/h2-5,7,13H,6H2,1H3/t7-/m0/s1. The van der Waals surface area contributed by atoms with Crippen LogP contribution in [-0.4, -0.2) is 31.6 Å². The van der Waals surface area contributed by atoms with Crippen molar-refractivity contribution in [3.63, 3.8) is 0 Å². The summed E-state index contributed by atoms with van der Waals surface area (Å²) in [4.78, 5) is 0. The topological polar surface area (TPSA) is 50.4 Å². The van der Waals surface area contributed by atoms with Gasteiger partial charge in [0.15, 0.2) is 10.8 Å². The lowest BCUT2D eigenvalue weighted by Gasteiger charge is -2.01. The molecule has 1 N–H and O–H groups in total. The summed E-state index contributed by atoms with van der Waals surface area (Å²) in [6.07, 6.45) is 1.59. The number of aromatic nitrogens is 3. The minimum absolute atomic E-state index is 0.323. The third kappa shape index (κ3) is 1.88. The lowest BCUT2D eigenvalue weighted by Crippen LogP contribution is -2.03. The Morgan fingerprint density at radius 2 is 2.36 bits per heavy atom. The van der Waals surface area contributed by atoms with Gasteiger partial charge in [-0.1, -0.05) is 17.8 Å². The molecule has 4 nitrogen and oxygen atoms in total. The predicted octanol–water partition coefficient (Wildman–Crippen LogP) is 1.20. The number of hydrogen-bond donors (Lipinski definition) is 1. The number of pyridine rings is 1. The van der Waals surface area contributed by atoms with E-state index in [1.807, 2.05) is 28.8 Å². The van der Waals surface area contributed by atoms with Crippen LogP contribution in [0.4, 0.5) is 0 Å². The van der Waals surface area contributed by atoms with Gasteiger partial charge in [0, 0.05) is 11.9 Å². The highest BCUT2D eigenvalue weighted by molar-refractivity contribution is 7.99. The van der Waals surface area contributed by atoms with Gasteiger partial charge in [0.05, 0.1) is 6.10 Å². The van der Waals surface area contributed by atoms with Crippen molar-refractivity contribution in [1.29, 1.82) is 0 Å².